The summed E-state index contributed by atoms with van der Waals surface area (Å²) in [6.07, 6.45) is 6.87. The molecule has 0 unspecified atom stereocenters. The van der Waals surface area contributed by atoms with Gasteiger partial charge in [-0.05, 0) is 54.4 Å². The molecule has 0 saturated heterocycles. The lowest BCUT2D eigenvalue weighted by Crippen LogP contribution is -2.20. The summed E-state index contributed by atoms with van der Waals surface area (Å²) in [5, 5.41) is 5.48. The number of nitrogens with zero attached hydrogens (tertiary/aromatic N) is 2. The van der Waals surface area contributed by atoms with Crippen LogP contribution in [0.5, 0.6) is 0 Å². The third-order valence-corrected chi connectivity index (χ3v) is 5.85. The van der Waals surface area contributed by atoms with Gasteiger partial charge in [0.05, 0.1) is 6.21 Å². The number of hydrogen-bond donors (Lipinski definition) is 1. The van der Waals surface area contributed by atoms with Gasteiger partial charge in [-0.3, -0.25) is 4.79 Å². The predicted molar refractivity (Wildman–Crippen MR) is 119 cm³/mol. The number of para-hydroxylation sites is 1. The van der Waals surface area contributed by atoms with Crippen molar-refractivity contribution in [2.24, 2.45) is 5.10 Å². The van der Waals surface area contributed by atoms with Crippen molar-refractivity contribution in [2.45, 2.75) is 58.4 Å². The number of rotatable bonds is 6. The number of hydrogen-bond acceptors (Lipinski definition) is 2. The van der Waals surface area contributed by atoms with E-state index in [-0.39, 0.29) is 5.91 Å². The Morgan fingerprint density at radius 1 is 1.10 bits per heavy atom. The van der Waals surface area contributed by atoms with Crippen LogP contribution in [0.15, 0.2) is 53.6 Å². The second-order valence-corrected chi connectivity index (χ2v) is 8.17. The first kappa shape index (κ1) is 19.4. The molecule has 1 aliphatic rings. The first-order valence-corrected chi connectivity index (χ1v) is 10.6. The fourth-order valence-corrected chi connectivity index (χ4v) is 4.26. The summed E-state index contributed by atoms with van der Waals surface area (Å²) in [5.41, 5.74) is 9.11. The molecule has 0 radical (unpaired) electrons. The molecule has 3 aromatic rings. The minimum atomic E-state index is -0.0533. The maximum atomic E-state index is 12.3. The molecule has 4 rings (SSSR count). The number of amides is 1. The largest absolute Gasteiger partial charge is 0.344 e. The number of benzene rings is 2. The number of aryl methyl sites for hydroxylation is 2. The van der Waals surface area contributed by atoms with Crippen molar-refractivity contribution in [3.8, 4) is 0 Å². The zero-order valence-electron chi connectivity index (χ0n) is 17.3. The van der Waals surface area contributed by atoms with E-state index in [1.54, 1.807) is 6.21 Å². The summed E-state index contributed by atoms with van der Waals surface area (Å²) in [6, 6.07) is 16.8. The van der Waals surface area contributed by atoms with Gasteiger partial charge in [-0.15, -0.1) is 0 Å². The van der Waals surface area contributed by atoms with Crippen LogP contribution in [0, 0.1) is 0 Å². The van der Waals surface area contributed by atoms with E-state index in [1.165, 1.54) is 40.6 Å². The minimum Gasteiger partial charge on any atom is -0.344 e. The normalized spacial score (nSPS) is 13.9. The van der Waals surface area contributed by atoms with Gasteiger partial charge in [0.1, 0.15) is 0 Å². The lowest BCUT2D eigenvalue weighted by atomic mass is 9.95. The van der Waals surface area contributed by atoms with Gasteiger partial charge in [-0.25, -0.2) is 5.43 Å². The summed E-state index contributed by atoms with van der Waals surface area (Å²) >= 11 is 0. The number of hydrazone groups is 1. The Labute approximate surface area is 172 Å². The standard InChI is InChI=1S/C25H29N3O/c1-18(2)20-13-11-19(12-14-20)17-26-27-25(29)15-16-28-23-9-5-3-7-21(23)22-8-4-6-10-24(22)28/h3,5,7,9,11-14,17-18H,4,6,8,10,15-16H2,1-2H3,(H,27,29)/b26-17+. The van der Waals surface area contributed by atoms with Crippen LogP contribution < -0.4 is 5.43 Å². The molecule has 2 aromatic carbocycles. The summed E-state index contributed by atoms with van der Waals surface area (Å²) in [4.78, 5) is 12.3. The van der Waals surface area contributed by atoms with Crippen LogP contribution in [-0.4, -0.2) is 16.7 Å². The van der Waals surface area contributed by atoms with Crippen LogP contribution in [0.4, 0.5) is 0 Å². The quantitative estimate of drug-likeness (QED) is 0.459. The van der Waals surface area contributed by atoms with Crippen molar-refractivity contribution in [3.05, 3.63) is 70.9 Å². The zero-order valence-corrected chi connectivity index (χ0v) is 17.3. The van der Waals surface area contributed by atoms with E-state index in [2.05, 4.69) is 65.3 Å². The molecule has 4 heteroatoms. The Morgan fingerprint density at radius 3 is 2.66 bits per heavy atom. The van der Waals surface area contributed by atoms with E-state index in [1.807, 2.05) is 12.1 Å². The second-order valence-electron chi connectivity index (χ2n) is 8.17. The van der Waals surface area contributed by atoms with Crippen molar-refractivity contribution < 1.29 is 4.79 Å². The first-order valence-electron chi connectivity index (χ1n) is 10.6. The number of fused-ring (bicyclic) bond motifs is 3. The van der Waals surface area contributed by atoms with Crippen LogP contribution in [0.2, 0.25) is 0 Å². The number of aromatic nitrogens is 1. The highest BCUT2D eigenvalue weighted by Crippen LogP contribution is 2.32. The van der Waals surface area contributed by atoms with Crippen LogP contribution >= 0.6 is 0 Å². The fourth-order valence-electron chi connectivity index (χ4n) is 4.26. The molecule has 0 atom stereocenters. The van der Waals surface area contributed by atoms with E-state index < -0.39 is 0 Å². The molecule has 0 aliphatic heterocycles. The van der Waals surface area contributed by atoms with Gasteiger partial charge in [-0.1, -0.05) is 56.3 Å². The van der Waals surface area contributed by atoms with Gasteiger partial charge < -0.3 is 4.57 Å². The Bertz CT molecular complexity index is 1030. The zero-order chi connectivity index (χ0) is 20.2. The van der Waals surface area contributed by atoms with Gasteiger partial charge in [0.2, 0.25) is 5.91 Å². The van der Waals surface area contributed by atoms with Crippen LogP contribution in [0.25, 0.3) is 10.9 Å². The molecule has 1 aromatic heterocycles. The van der Waals surface area contributed by atoms with Crippen molar-refractivity contribution in [2.75, 3.05) is 0 Å². The van der Waals surface area contributed by atoms with Crippen molar-refractivity contribution >= 4 is 23.0 Å². The van der Waals surface area contributed by atoms with Crippen LogP contribution in [0.1, 0.15) is 61.4 Å². The number of nitrogens with one attached hydrogen (secondary N) is 1. The summed E-state index contributed by atoms with van der Waals surface area (Å²) in [6.45, 7) is 5.04. The molecule has 1 amide bonds. The van der Waals surface area contributed by atoms with Crippen LogP contribution in [0.3, 0.4) is 0 Å². The Hall–Kier alpha value is -2.88. The van der Waals surface area contributed by atoms with Gasteiger partial charge in [0.25, 0.3) is 0 Å². The highest BCUT2D eigenvalue weighted by atomic mass is 16.2. The first-order chi connectivity index (χ1) is 14.1. The molecule has 29 heavy (non-hydrogen) atoms. The van der Waals surface area contributed by atoms with Gasteiger partial charge in [0, 0.05) is 29.6 Å². The molecular formula is C25H29N3O. The molecule has 0 spiro atoms. The van der Waals surface area contributed by atoms with Gasteiger partial charge in [0.15, 0.2) is 0 Å². The maximum Gasteiger partial charge on any atom is 0.241 e. The molecule has 1 aliphatic carbocycles. The molecule has 150 valence electrons. The van der Waals surface area contributed by atoms with E-state index >= 15 is 0 Å². The smallest absolute Gasteiger partial charge is 0.241 e. The molecule has 4 nitrogen and oxygen atoms in total. The SMILES string of the molecule is CC(C)c1ccc(/C=N/NC(=O)CCn2c3c(c4ccccc42)CCCC3)cc1. The average Bonchev–Trinajstić information content (AvgIpc) is 3.06. The molecular weight excluding hydrogens is 358 g/mol. The summed E-state index contributed by atoms with van der Waals surface area (Å²) < 4.78 is 2.35. The molecule has 1 N–H and O–H groups in total. The number of carbonyl (C=O) groups excluding carboxylic acids is 1. The van der Waals surface area contributed by atoms with E-state index in [0.29, 0.717) is 18.9 Å². The minimum absolute atomic E-state index is 0.0533. The number of carbonyl (C=O) groups is 1. The Morgan fingerprint density at radius 2 is 1.86 bits per heavy atom. The van der Waals surface area contributed by atoms with E-state index in [0.717, 1.165) is 18.4 Å². The summed E-state index contributed by atoms with van der Waals surface area (Å²) in [7, 11) is 0. The third-order valence-electron chi connectivity index (χ3n) is 5.85. The lowest BCUT2D eigenvalue weighted by Gasteiger charge is -2.15. The Balaban J connectivity index is 1.39. The van der Waals surface area contributed by atoms with Crippen molar-refractivity contribution in [3.63, 3.8) is 0 Å². The van der Waals surface area contributed by atoms with E-state index in [4.69, 9.17) is 0 Å². The Kier molecular flexibility index (Phi) is 5.79. The highest BCUT2D eigenvalue weighted by molar-refractivity contribution is 5.86. The van der Waals surface area contributed by atoms with Crippen LogP contribution in [-0.2, 0) is 24.2 Å². The summed E-state index contributed by atoms with van der Waals surface area (Å²) in [5.74, 6) is 0.457. The highest BCUT2D eigenvalue weighted by Gasteiger charge is 2.19. The van der Waals surface area contributed by atoms with Crippen molar-refractivity contribution in [1.82, 2.24) is 9.99 Å². The van der Waals surface area contributed by atoms with E-state index in [9.17, 15) is 4.79 Å². The maximum absolute atomic E-state index is 12.3. The second kappa shape index (κ2) is 8.64. The van der Waals surface area contributed by atoms with Gasteiger partial charge >= 0.3 is 0 Å². The average molecular weight is 388 g/mol. The lowest BCUT2D eigenvalue weighted by molar-refractivity contribution is -0.121. The fraction of sp³-hybridized carbons (Fsp3) is 0.360. The molecule has 0 bridgehead atoms. The topological polar surface area (TPSA) is 46.4 Å². The molecule has 0 fully saturated rings. The third kappa shape index (κ3) is 4.26. The monoisotopic (exact) mass is 387 g/mol. The molecule has 1 heterocycles. The molecule has 0 saturated carbocycles. The van der Waals surface area contributed by atoms with Gasteiger partial charge in [-0.2, -0.15) is 5.10 Å². The predicted octanol–water partition coefficient (Wildman–Crippen LogP) is 5.18. The van der Waals surface area contributed by atoms with Crippen molar-refractivity contribution in [1.29, 1.82) is 0 Å².